The van der Waals surface area contributed by atoms with Gasteiger partial charge in [-0.1, -0.05) is 12.1 Å². The molecule has 108 valence electrons. The van der Waals surface area contributed by atoms with Gasteiger partial charge >= 0.3 is 0 Å². The minimum Gasteiger partial charge on any atom is -0.324 e. The number of carbonyl (C=O) groups is 1. The lowest BCUT2D eigenvalue weighted by molar-refractivity contribution is -0.120. The van der Waals surface area contributed by atoms with E-state index in [4.69, 9.17) is 0 Å². The monoisotopic (exact) mass is 294 g/mol. The third-order valence-electron chi connectivity index (χ3n) is 4.09. The van der Waals surface area contributed by atoms with E-state index in [1.807, 2.05) is 0 Å². The van der Waals surface area contributed by atoms with E-state index in [-0.39, 0.29) is 11.8 Å². The summed E-state index contributed by atoms with van der Waals surface area (Å²) in [7, 11) is -3.36. The smallest absolute Gasteiger partial charge is 0.229 e. The van der Waals surface area contributed by atoms with E-state index < -0.39 is 10.0 Å². The number of hydrogen-bond donors (Lipinski definition) is 2. The van der Waals surface area contributed by atoms with Crippen molar-refractivity contribution in [3.8, 4) is 0 Å². The van der Waals surface area contributed by atoms with Crippen LogP contribution >= 0.6 is 0 Å². The highest BCUT2D eigenvalue weighted by Gasteiger charge is 2.48. The molecular weight excluding hydrogens is 276 g/mol. The van der Waals surface area contributed by atoms with Crippen molar-refractivity contribution in [2.45, 2.75) is 19.3 Å². The van der Waals surface area contributed by atoms with E-state index in [0.29, 0.717) is 11.4 Å². The Kier molecular flexibility index (Phi) is 3.20. The third-order valence-corrected chi connectivity index (χ3v) is 4.69. The summed E-state index contributed by atoms with van der Waals surface area (Å²) in [6.45, 7) is 0. The van der Waals surface area contributed by atoms with E-state index in [0.717, 1.165) is 30.9 Å². The van der Waals surface area contributed by atoms with E-state index in [2.05, 4.69) is 10.0 Å². The van der Waals surface area contributed by atoms with Crippen molar-refractivity contribution >= 4 is 27.3 Å². The third kappa shape index (κ3) is 2.95. The van der Waals surface area contributed by atoms with Crippen LogP contribution in [0, 0.1) is 17.8 Å². The number of amides is 1. The standard InChI is InChI=1S/C14H18N2O3S/c1-20(18,19)16-13-5-3-2-4-12(13)15-14(17)11-7-9-6-10(9)8-11/h2-5,9-11,16H,6-8H2,1H3,(H,15,17). The van der Waals surface area contributed by atoms with Crippen LogP contribution in [-0.2, 0) is 14.8 Å². The maximum absolute atomic E-state index is 12.2. The van der Waals surface area contributed by atoms with Crippen LogP contribution in [0.25, 0.3) is 0 Å². The zero-order valence-corrected chi connectivity index (χ0v) is 12.1. The van der Waals surface area contributed by atoms with Crippen molar-refractivity contribution in [3.05, 3.63) is 24.3 Å². The SMILES string of the molecule is CS(=O)(=O)Nc1ccccc1NC(=O)C1CC2CC2C1. The molecule has 2 unspecified atom stereocenters. The maximum atomic E-state index is 12.2. The van der Waals surface area contributed by atoms with Gasteiger partial charge in [0.2, 0.25) is 15.9 Å². The summed E-state index contributed by atoms with van der Waals surface area (Å²) in [4.78, 5) is 12.2. The van der Waals surface area contributed by atoms with Crippen LogP contribution in [0.3, 0.4) is 0 Å². The van der Waals surface area contributed by atoms with Gasteiger partial charge in [-0.2, -0.15) is 0 Å². The first-order chi connectivity index (χ1) is 9.42. The van der Waals surface area contributed by atoms with Crippen LogP contribution in [-0.4, -0.2) is 20.6 Å². The van der Waals surface area contributed by atoms with Gasteiger partial charge in [0.1, 0.15) is 0 Å². The average molecular weight is 294 g/mol. The van der Waals surface area contributed by atoms with Gasteiger partial charge in [-0.15, -0.1) is 0 Å². The Hall–Kier alpha value is -1.56. The summed E-state index contributed by atoms with van der Waals surface area (Å²) < 4.78 is 25.1. The molecule has 0 aliphatic heterocycles. The van der Waals surface area contributed by atoms with E-state index in [1.54, 1.807) is 24.3 Å². The van der Waals surface area contributed by atoms with Crippen LogP contribution < -0.4 is 10.0 Å². The molecule has 1 aromatic rings. The van der Waals surface area contributed by atoms with Crippen molar-refractivity contribution in [1.82, 2.24) is 0 Å². The molecule has 2 fully saturated rings. The van der Waals surface area contributed by atoms with Gasteiger partial charge in [-0.25, -0.2) is 8.42 Å². The highest BCUT2D eigenvalue weighted by Crippen LogP contribution is 2.54. The Balaban J connectivity index is 1.71. The van der Waals surface area contributed by atoms with Gasteiger partial charge in [0.05, 0.1) is 17.6 Å². The summed E-state index contributed by atoms with van der Waals surface area (Å²) in [5.74, 6) is 1.57. The number of para-hydroxylation sites is 2. The number of anilines is 2. The molecule has 20 heavy (non-hydrogen) atoms. The fraction of sp³-hybridized carbons (Fsp3) is 0.500. The molecule has 5 nitrogen and oxygen atoms in total. The van der Waals surface area contributed by atoms with Crippen LogP contribution in [0.1, 0.15) is 19.3 Å². The molecule has 3 rings (SSSR count). The Morgan fingerprint density at radius 1 is 1.10 bits per heavy atom. The van der Waals surface area contributed by atoms with Crippen molar-refractivity contribution in [1.29, 1.82) is 0 Å². The van der Waals surface area contributed by atoms with Crippen LogP contribution in [0.15, 0.2) is 24.3 Å². The number of hydrogen-bond acceptors (Lipinski definition) is 3. The minimum atomic E-state index is -3.36. The predicted molar refractivity (Wildman–Crippen MR) is 77.9 cm³/mol. The highest BCUT2D eigenvalue weighted by molar-refractivity contribution is 7.92. The molecule has 0 heterocycles. The summed E-state index contributed by atoms with van der Waals surface area (Å²) in [6.07, 6.45) is 4.31. The van der Waals surface area contributed by atoms with Crippen molar-refractivity contribution < 1.29 is 13.2 Å². The van der Waals surface area contributed by atoms with Gasteiger partial charge in [0.25, 0.3) is 0 Å². The van der Waals surface area contributed by atoms with Gasteiger partial charge in [-0.05, 0) is 43.2 Å². The molecular formula is C14H18N2O3S. The Bertz CT molecular complexity index is 632. The molecule has 0 spiro atoms. The normalized spacial score (nSPS) is 27.8. The summed E-state index contributed by atoms with van der Waals surface area (Å²) in [5.41, 5.74) is 0.926. The number of fused-ring (bicyclic) bond motifs is 1. The van der Waals surface area contributed by atoms with Crippen molar-refractivity contribution in [3.63, 3.8) is 0 Å². The molecule has 0 aromatic heterocycles. The molecule has 2 N–H and O–H groups in total. The van der Waals surface area contributed by atoms with E-state index >= 15 is 0 Å². The lowest BCUT2D eigenvalue weighted by Crippen LogP contribution is -2.22. The maximum Gasteiger partial charge on any atom is 0.229 e. The van der Waals surface area contributed by atoms with E-state index in [1.165, 1.54) is 6.42 Å². The summed E-state index contributed by atoms with van der Waals surface area (Å²) >= 11 is 0. The molecule has 0 radical (unpaired) electrons. The predicted octanol–water partition coefficient (Wildman–Crippen LogP) is 2.04. The lowest BCUT2D eigenvalue weighted by atomic mass is 10.0. The topological polar surface area (TPSA) is 75.3 Å². The number of carbonyl (C=O) groups excluding carboxylic acids is 1. The summed E-state index contributed by atoms with van der Waals surface area (Å²) in [5, 5.41) is 2.85. The quantitative estimate of drug-likeness (QED) is 0.892. The van der Waals surface area contributed by atoms with Gasteiger partial charge in [0.15, 0.2) is 0 Å². The Morgan fingerprint density at radius 3 is 2.30 bits per heavy atom. The van der Waals surface area contributed by atoms with Gasteiger partial charge < -0.3 is 5.32 Å². The first-order valence-corrected chi connectivity index (χ1v) is 8.69. The zero-order valence-electron chi connectivity index (χ0n) is 11.3. The molecule has 6 heteroatoms. The lowest BCUT2D eigenvalue weighted by Gasteiger charge is -2.15. The fourth-order valence-electron chi connectivity index (χ4n) is 3.04. The molecule has 0 bridgehead atoms. The molecule has 2 atom stereocenters. The van der Waals surface area contributed by atoms with Crippen LogP contribution in [0.2, 0.25) is 0 Å². The Labute approximate surface area is 118 Å². The first kappa shape index (κ1) is 13.4. The van der Waals surface area contributed by atoms with E-state index in [9.17, 15) is 13.2 Å². The number of nitrogens with one attached hydrogen (secondary N) is 2. The van der Waals surface area contributed by atoms with Gasteiger partial charge in [0, 0.05) is 5.92 Å². The summed E-state index contributed by atoms with van der Waals surface area (Å²) in [6, 6.07) is 6.85. The molecule has 2 aliphatic carbocycles. The second kappa shape index (κ2) is 4.77. The zero-order chi connectivity index (χ0) is 14.3. The average Bonchev–Trinajstić information content (AvgIpc) is 2.97. The number of rotatable bonds is 4. The van der Waals surface area contributed by atoms with Crippen molar-refractivity contribution in [2.24, 2.45) is 17.8 Å². The number of sulfonamides is 1. The highest BCUT2D eigenvalue weighted by atomic mass is 32.2. The van der Waals surface area contributed by atoms with Gasteiger partial charge in [-0.3, -0.25) is 9.52 Å². The minimum absolute atomic E-state index is 0.0000454. The molecule has 1 aromatic carbocycles. The molecule has 2 saturated carbocycles. The van der Waals surface area contributed by atoms with Crippen molar-refractivity contribution in [2.75, 3.05) is 16.3 Å². The molecule has 0 saturated heterocycles. The second-order valence-electron chi connectivity index (χ2n) is 5.83. The largest absolute Gasteiger partial charge is 0.324 e. The molecule has 1 amide bonds. The number of benzene rings is 1. The fourth-order valence-corrected chi connectivity index (χ4v) is 3.62. The second-order valence-corrected chi connectivity index (χ2v) is 7.58. The Morgan fingerprint density at radius 2 is 1.70 bits per heavy atom. The molecule has 2 aliphatic rings. The van der Waals surface area contributed by atoms with Crippen LogP contribution in [0.5, 0.6) is 0 Å². The van der Waals surface area contributed by atoms with Crippen LogP contribution in [0.4, 0.5) is 11.4 Å². The first-order valence-electron chi connectivity index (χ1n) is 6.80.